The summed E-state index contributed by atoms with van der Waals surface area (Å²) in [6.07, 6.45) is 3.71. The first-order valence-corrected chi connectivity index (χ1v) is 4.46. The second kappa shape index (κ2) is 2.67. The van der Waals surface area contributed by atoms with Crippen molar-refractivity contribution in [3.05, 3.63) is 34.8 Å². The molecule has 0 aromatic heterocycles. The first-order valence-electron chi connectivity index (χ1n) is 4.46. The lowest BCUT2D eigenvalue weighted by Gasteiger charge is -2.27. The summed E-state index contributed by atoms with van der Waals surface area (Å²) in [6, 6.07) is 0. The van der Waals surface area contributed by atoms with E-state index in [1.54, 1.807) is 6.92 Å². The Morgan fingerprint density at radius 1 is 1.29 bits per heavy atom. The van der Waals surface area contributed by atoms with Crippen LogP contribution in [-0.2, 0) is 4.79 Å². The number of nitrogens with zero attached hydrogens (tertiary/aromatic N) is 1. The van der Waals surface area contributed by atoms with Gasteiger partial charge in [-0.15, -0.1) is 0 Å². The normalized spacial score (nSPS) is 26.4. The molecule has 0 saturated heterocycles. The average Bonchev–Trinajstić information content (AvgIpc) is 2.49. The van der Waals surface area contributed by atoms with Gasteiger partial charge in [0.1, 0.15) is 7.05 Å². The van der Waals surface area contributed by atoms with Gasteiger partial charge in [-0.3, -0.25) is 4.79 Å². The van der Waals surface area contributed by atoms with Crippen molar-refractivity contribution in [3.63, 3.8) is 0 Å². The van der Waals surface area contributed by atoms with E-state index in [2.05, 4.69) is 0 Å². The van der Waals surface area contributed by atoms with Crippen molar-refractivity contribution in [1.29, 1.82) is 0 Å². The molecule has 72 valence electrons. The van der Waals surface area contributed by atoms with Crippen molar-refractivity contribution < 1.29 is 14.5 Å². The van der Waals surface area contributed by atoms with Gasteiger partial charge in [-0.2, -0.15) is 4.58 Å². The fourth-order valence-corrected chi connectivity index (χ4v) is 1.62. The molecule has 0 radical (unpaired) electrons. The largest absolute Gasteiger partial charge is 0.872 e. The van der Waals surface area contributed by atoms with Gasteiger partial charge in [-0.25, -0.2) is 0 Å². The molecule has 0 spiro atoms. The quantitative estimate of drug-likeness (QED) is 0.401. The van der Waals surface area contributed by atoms with Gasteiger partial charge in [0, 0.05) is 19.1 Å². The Morgan fingerprint density at radius 3 is 2.36 bits per heavy atom. The molecule has 1 heterocycles. The topological polar surface area (TPSA) is 43.1 Å². The van der Waals surface area contributed by atoms with Crippen LogP contribution < -0.4 is 5.11 Å². The number of allylic oxidation sites excluding steroid dienone is 4. The van der Waals surface area contributed by atoms with Crippen molar-refractivity contribution in [2.24, 2.45) is 0 Å². The van der Waals surface area contributed by atoms with E-state index in [-0.39, 0.29) is 11.5 Å². The Bertz CT molecular complexity index is 442. The molecular weight excluding hydrogens is 178 g/mol. The van der Waals surface area contributed by atoms with E-state index in [0.29, 0.717) is 11.1 Å². The van der Waals surface area contributed by atoms with Gasteiger partial charge < -0.3 is 5.11 Å². The molecule has 3 heteroatoms. The maximum absolute atomic E-state index is 11.4. The monoisotopic (exact) mass is 189 g/mol. The van der Waals surface area contributed by atoms with E-state index in [1.165, 1.54) is 0 Å². The molecule has 0 aromatic rings. The molecule has 2 rings (SSSR count). The molecule has 2 aliphatic rings. The standard InChI is InChI=1S/C11H11NO2/c1-6-4-5-8(12(6)3)9-10(13)7(2)11(9)14/h4-5H,1-3H3. The van der Waals surface area contributed by atoms with Crippen LogP contribution in [0.25, 0.3) is 0 Å². The molecule has 0 saturated carbocycles. The molecule has 1 aliphatic heterocycles. The summed E-state index contributed by atoms with van der Waals surface area (Å²) in [5, 5.41) is 11.4. The molecule has 0 amide bonds. The molecule has 0 fully saturated rings. The molecule has 1 aliphatic carbocycles. The van der Waals surface area contributed by atoms with Crippen LogP contribution in [0.4, 0.5) is 0 Å². The zero-order valence-electron chi connectivity index (χ0n) is 8.42. The Morgan fingerprint density at radius 2 is 1.93 bits per heavy atom. The van der Waals surface area contributed by atoms with E-state index in [4.69, 9.17) is 0 Å². The van der Waals surface area contributed by atoms with Gasteiger partial charge in [0.25, 0.3) is 0 Å². The van der Waals surface area contributed by atoms with Crippen LogP contribution in [0.5, 0.6) is 0 Å². The zero-order valence-corrected chi connectivity index (χ0v) is 8.42. The highest BCUT2D eigenvalue weighted by atomic mass is 16.3. The van der Waals surface area contributed by atoms with Crippen molar-refractivity contribution in [1.82, 2.24) is 0 Å². The zero-order chi connectivity index (χ0) is 10.5. The minimum Gasteiger partial charge on any atom is -0.872 e. The van der Waals surface area contributed by atoms with Gasteiger partial charge in [0.2, 0.25) is 5.70 Å². The fourth-order valence-electron chi connectivity index (χ4n) is 1.62. The van der Waals surface area contributed by atoms with Crippen LogP contribution >= 0.6 is 0 Å². The Hall–Kier alpha value is -1.64. The average molecular weight is 189 g/mol. The summed E-state index contributed by atoms with van der Waals surface area (Å²) >= 11 is 0. The van der Waals surface area contributed by atoms with Gasteiger partial charge in [-0.1, -0.05) is 5.76 Å². The number of Topliss-reactive ketones (excluding diaryl/α,β-unsaturated/α-hetero) is 1. The molecule has 0 N–H and O–H groups in total. The van der Waals surface area contributed by atoms with Gasteiger partial charge in [0.15, 0.2) is 11.5 Å². The summed E-state index contributed by atoms with van der Waals surface area (Å²) in [6.45, 7) is 3.51. The summed E-state index contributed by atoms with van der Waals surface area (Å²) in [7, 11) is 1.85. The number of hydrogen-bond acceptors (Lipinski definition) is 2. The van der Waals surface area contributed by atoms with E-state index >= 15 is 0 Å². The molecular formula is C11H11NO2. The summed E-state index contributed by atoms with van der Waals surface area (Å²) < 4.78 is 1.86. The van der Waals surface area contributed by atoms with Gasteiger partial charge in [0.05, 0.1) is 5.57 Å². The second-order valence-electron chi connectivity index (χ2n) is 3.58. The summed E-state index contributed by atoms with van der Waals surface area (Å²) in [4.78, 5) is 11.4. The van der Waals surface area contributed by atoms with Crippen LogP contribution in [-0.4, -0.2) is 23.1 Å². The second-order valence-corrected chi connectivity index (χ2v) is 3.58. The third kappa shape index (κ3) is 0.923. The van der Waals surface area contributed by atoms with Gasteiger partial charge in [-0.05, 0) is 12.5 Å². The van der Waals surface area contributed by atoms with Crippen LogP contribution in [0.1, 0.15) is 13.8 Å². The maximum atomic E-state index is 11.4. The smallest absolute Gasteiger partial charge is 0.216 e. The molecule has 0 bridgehead atoms. The lowest BCUT2D eigenvalue weighted by Crippen LogP contribution is -2.31. The lowest BCUT2D eigenvalue weighted by atomic mass is 9.88. The van der Waals surface area contributed by atoms with E-state index < -0.39 is 0 Å². The van der Waals surface area contributed by atoms with Crippen molar-refractivity contribution >= 4 is 11.5 Å². The van der Waals surface area contributed by atoms with Crippen LogP contribution in [0.2, 0.25) is 0 Å². The van der Waals surface area contributed by atoms with Crippen LogP contribution in [0.15, 0.2) is 34.8 Å². The highest BCUT2D eigenvalue weighted by molar-refractivity contribution is 6.19. The first kappa shape index (κ1) is 8.94. The Labute approximate surface area is 82.4 Å². The number of hydrogen-bond donors (Lipinski definition) is 0. The van der Waals surface area contributed by atoms with E-state index in [9.17, 15) is 9.90 Å². The minimum absolute atomic E-state index is 0.115. The predicted molar refractivity (Wildman–Crippen MR) is 50.7 cm³/mol. The number of carbonyl (C=O) groups is 1. The number of carbonyl (C=O) groups excluding carboxylic acids is 1. The van der Waals surface area contributed by atoms with Crippen LogP contribution in [0, 0.1) is 0 Å². The highest BCUT2D eigenvalue weighted by Gasteiger charge is 2.32. The maximum Gasteiger partial charge on any atom is 0.216 e. The Balaban J connectivity index is 2.59. The Kier molecular flexibility index (Phi) is 1.71. The molecule has 3 nitrogen and oxygen atoms in total. The predicted octanol–water partition coefficient (Wildman–Crippen LogP) is 0.130. The minimum atomic E-state index is -0.115. The van der Waals surface area contributed by atoms with E-state index in [0.717, 1.165) is 11.4 Å². The van der Waals surface area contributed by atoms with E-state index in [1.807, 2.05) is 30.7 Å². The highest BCUT2D eigenvalue weighted by Crippen LogP contribution is 2.30. The fraction of sp³-hybridized carbons (Fsp3) is 0.273. The van der Waals surface area contributed by atoms with Crippen molar-refractivity contribution in [3.8, 4) is 0 Å². The third-order valence-electron chi connectivity index (χ3n) is 2.76. The number of likely N-dealkylation sites (N-methyl/N-ethyl adjacent to an activating group) is 1. The number of rotatable bonds is 0. The van der Waals surface area contributed by atoms with Crippen LogP contribution in [0.3, 0.4) is 0 Å². The number of ketones is 1. The van der Waals surface area contributed by atoms with Crippen molar-refractivity contribution in [2.75, 3.05) is 7.05 Å². The van der Waals surface area contributed by atoms with Crippen molar-refractivity contribution in [2.45, 2.75) is 13.8 Å². The lowest BCUT2D eigenvalue weighted by molar-refractivity contribution is -0.436. The SMILES string of the molecule is CC1=C([O-])/C(=C2\C=CC(C)=[N+]2C)C1=O. The first-order chi connectivity index (χ1) is 6.54. The summed E-state index contributed by atoms with van der Waals surface area (Å²) in [5.41, 5.74) is 2.44. The molecule has 14 heavy (non-hydrogen) atoms. The van der Waals surface area contributed by atoms with Gasteiger partial charge >= 0.3 is 0 Å². The molecule has 0 unspecified atom stereocenters. The molecule has 0 atom stereocenters. The third-order valence-corrected chi connectivity index (χ3v) is 2.76. The summed E-state index contributed by atoms with van der Waals surface area (Å²) in [5.74, 6) is -0.229. The molecule has 0 aromatic carbocycles.